The Labute approximate surface area is 129 Å². The van der Waals surface area contributed by atoms with Gasteiger partial charge in [0, 0.05) is 12.6 Å². The summed E-state index contributed by atoms with van der Waals surface area (Å²) in [5.74, 6) is 0.0297. The van der Waals surface area contributed by atoms with Crippen molar-refractivity contribution >= 4 is 41.5 Å². The smallest absolute Gasteiger partial charge is 0.224 e. The van der Waals surface area contributed by atoms with Gasteiger partial charge in [-0.05, 0) is 37.1 Å². The van der Waals surface area contributed by atoms with E-state index >= 15 is 0 Å². The first kappa shape index (κ1) is 16.6. The lowest BCUT2D eigenvalue weighted by atomic mass is 10.1. The van der Waals surface area contributed by atoms with E-state index in [4.69, 9.17) is 23.2 Å². The predicted octanol–water partition coefficient (Wildman–Crippen LogP) is 2.83. The number of halogens is 3. The van der Waals surface area contributed by atoms with Crippen molar-refractivity contribution < 1.29 is 4.79 Å². The number of hydrogen-bond donors (Lipinski definition) is 2. The fourth-order valence-corrected chi connectivity index (χ4v) is 2.41. The van der Waals surface area contributed by atoms with Gasteiger partial charge in [-0.15, -0.1) is 12.4 Å². The third kappa shape index (κ3) is 5.19. The van der Waals surface area contributed by atoms with Gasteiger partial charge in [-0.25, -0.2) is 0 Å². The molecule has 0 spiro atoms. The van der Waals surface area contributed by atoms with Crippen LogP contribution < -0.4 is 10.6 Å². The van der Waals surface area contributed by atoms with Gasteiger partial charge in [-0.2, -0.15) is 0 Å². The molecule has 106 valence electrons. The topological polar surface area (TPSA) is 41.1 Å². The molecule has 0 bridgehead atoms. The normalized spacial score (nSPS) is 18.5. The maximum Gasteiger partial charge on any atom is 0.224 e. The van der Waals surface area contributed by atoms with E-state index in [0.29, 0.717) is 16.5 Å². The number of nitrogens with one attached hydrogen (secondary N) is 2. The van der Waals surface area contributed by atoms with Crippen LogP contribution in [0.1, 0.15) is 18.4 Å². The summed E-state index contributed by atoms with van der Waals surface area (Å²) in [4.78, 5) is 11.9. The lowest BCUT2D eigenvalue weighted by molar-refractivity contribution is -0.121. The van der Waals surface area contributed by atoms with E-state index in [1.165, 1.54) is 0 Å². The number of carbonyl (C=O) groups is 1. The van der Waals surface area contributed by atoms with E-state index in [1.807, 2.05) is 6.07 Å². The van der Waals surface area contributed by atoms with Gasteiger partial charge in [0.2, 0.25) is 5.91 Å². The second-order valence-corrected chi connectivity index (χ2v) is 5.35. The lowest BCUT2D eigenvalue weighted by Crippen LogP contribution is -2.46. The van der Waals surface area contributed by atoms with Gasteiger partial charge < -0.3 is 10.6 Å². The van der Waals surface area contributed by atoms with Crippen LogP contribution in [0.4, 0.5) is 0 Å². The Hall–Kier alpha value is -0.480. The first-order valence-electron chi connectivity index (χ1n) is 6.09. The van der Waals surface area contributed by atoms with E-state index in [1.54, 1.807) is 12.1 Å². The minimum Gasteiger partial charge on any atom is -0.352 e. The maximum atomic E-state index is 11.9. The first-order valence-corrected chi connectivity index (χ1v) is 6.85. The van der Waals surface area contributed by atoms with Crippen LogP contribution in [0, 0.1) is 0 Å². The van der Waals surface area contributed by atoms with E-state index in [9.17, 15) is 4.79 Å². The maximum absolute atomic E-state index is 11.9. The summed E-state index contributed by atoms with van der Waals surface area (Å²) in [6.07, 6.45) is 2.49. The summed E-state index contributed by atoms with van der Waals surface area (Å²) in [6.45, 7) is 1.90. The van der Waals surface area contributed by atoms with Crippen LogP contribution in [-0.2, 0) is 11.2 Å². The molecule has 0 aliphatic carbocycles. The monoisotopic (exact) mass is 322 g/mol. The van der Waals surface area contributed by atoms with Gasteiger partial charge in [0.15, 0.2) is 0 Å². The summed E-state index contributed by atoms with van der Waals surface area (Å²) in [7, 11) is 0. The van der Waals surface area contributed by atoms with E-state index < -0.39 is 0 Å². The summed E-state index contributed by atoms with van der Waals surface area (Å²) in [6, 6.07) is 5.53. The molecule has 2 rings (SSSR count). The molecule has 3 nitrogen and oxygen atoms in total. The molecule has 1 aromatic rings. The quantitative estimate of drug-likeness (QED) is 0.898. The van der Waals surface area contributed by atoms with Crippen molar-refractivity contribution in [1.29, 1.82) is 0 Å². The Morgan fingerprint density at radius 3 is 2.79 bits per heavy atom. The zero-order valence-electron chi connectivity index (χ0n) is 10.4. The van der Waals surface area contributed by atoms with Gasteiger partial charge in [0.25, 0.3) is 0 Å². The molecule has 1 aliphatic rings. The fourth-order valence-electron chi connectivity index (χ4n) is 2.09. The van der Waals surface area contributed by atoms with Crippen molar-refractivity contribution in [3.05, 3.63) is 33.8 Å². The molecule has 19 heavy (non-hydrogen) atoms. The van der Waals surface area contributed by atoms with Gasteiger partial charge in [0.1, 0.15) is 0 Å². The number of carbonyl (C=O) groups excluding carboxylic acids is 1. The Balaban J connectivity index is 0.00000180. The molecular weight excluding hydrogens is 307 g/mol. The SMILES string of the molecule is Cl.O=C(Cc1ccc(Cl)c(Cl)c1)N[C@H]1CCCNC1. The van der Waals surface area contributed by atoms with Crippen molar-refractivity contribution in [3.8, 4) is 0 Å². The highest BCUT2D eigenvalue weighted by Gasteiger charge is 2.15. The molecule has 0 radical (unpaired) electrons. The average molecular weight is 324 g/mol. The number of hydrogen-bond acceptors (Lipinski definition) is 2. The van der Waals surface area contributed by atoms with E-state index in [0.717, 1.165) is 31.5 Å². The zero-order chi connectivity index (χ0) is 13.0. The highest BCUT2D eigenvalue weighted by atomic mass is 35.5. The third-order valence-corrected chi connectivity index (χ3v) is 3.75. The minimum absolute atomic E-state index is 0. The first-order chi connectivity index (χ1) is 8.65. The molecule has 0 saturated carbocycles. The van der Waals surface area contributed by atoms with Crippen molar-refractivity contribution in [1.82, 2.24) is 10.6 Å². The summed E-state index contributed by atoms with van der Waals surface area (Å²) >= 11 is 11.7. The molecule has 1 atom stereocenters. The van der Waals surface area contributed by atoms with Gasteiger partial charge in [0.05, 0.1) is 16.5 Å². The second-order valence-electron chi connectivity index (χ2n) is 4.54. The Bertz CT molecular complexity index is 434. The van der Waals surface area contributed by atoms with E-state index in [-0.39, 0.29) is 24.4 Å². The summed E-state index contributed by atoms with van der Waals surface area (Å²) in [5.41, 5.74) is 0.880. The predicted molar refractivity (Wildman–Crippen MR) is 81.4 cm³/mol. The third-order valence-electron chi connectivity index (χ3n) is 3.01. The van der Waals surface area contributed by atoms with Crippen LogP contribution in [0.15, 0.2) is 18.2 Å². The van der Waals surface area contributed by atoms with Crippen LogP contribution in [0.3, 0.4) is 0 Å². The molecule has 6 heteroatoms. The average Bonchev–Trinajstić information content (AvgIpc) is 2.35. The standard InChI is InChI=1S/C13H16Cl2N2O.ClH/c14-11-4-3-9(6-12(11)15)7-13(18)17-10-2-1-5-16-8-10;/h3-4,6,10,16H,1-2,5,7-8H2,(H,17,18);1H/t10-;/m0./s1. The second kappa shape index (κ2) is 7.95. The zero-order valence-corrected chi connectivity index (χ0v) is 12.7. The van der Waals surface area contributed by atoms with Crippen LogP contribution in [0.5, 0.6) is 0 Å². The van der Waals surface area contributed by atoms with Crippen LogP contribution >= 0.6 is 35.6 Å². The molecule has 1 amide bonds. The molecule has 2 N–H and O–H groups in total. The van der Waals surface area contributed by atoms with Gasteiger partial charge in [-0.3, -0.25) is 4.79 Å². The van der Waals surface area contributed by atoms with Crippen LogP contribution in [-0.4, -0.2) is 25.0 Å². The molecule has 0 aromatic heterocycles. The molecule has 0 unspecified atom stereocenters. The molecule has 1 aromatic carbocycles. The summed E-state index contributed by atoms with van der Waals surface area (Å²) in [5, 5.41) is 7.29. The van der Waals surface area contributed by atoms with E-state index in [2.05, 4.69) is 10.6 Å². The molecular formula is C13H17Cl3N2O. The largest absolute Gasteiger partial charge is 0.352 e. The molecule has 1 heterocycles. The van der Waals surface area contributed by atoms with Crippen molar-refractivity contribution in [2.24, 2.45) is 0 Å². The molecule has 1 fully saturated rings. The summed E-state index contributed by atoms with van der Waals surface area (Å²) < 4.78 is 0. The molecule has 1 aliphatic heterocycles. The Morgan fingerprint density at radius 2 is 2.16 bits per heavy atom. The number of amides is 1. The Kier molecular flexibility index (Phi) is 6.94. The van der Waals surface area contributed by atoms with Crippen molar-refractivity contribution in [2.75, 3.05) is 13.1 Å². The number of piperidine rings is 1. The van der Waals surface area contributed by atoms with Crippen molar-refractivity contribution in [3.63, 3.8) is 0 Å². The van der Waals surface area contributed by atoms with Gasteiger partial charge in [-0.1, -0.05) is 29.3 Å². The van der Waals surface area contributed by atoms with Crippen molar-refractivity contribution in [2.45, 2.75) is 25.3 Å². The minimum atomic E-state index is 0. The highest BCUT2D eigenvalue weighted by Crippen LogP contribution is 2.22. The Morgan fingerprint density at radius 1 is 1.37 bits per heavy atom. The number of benzene rings is 1. The number of rotatable bonds is 3. The van der Waals surface area contributed by atoms with Crippen LogP contribution in [0.2, 0.25) is 10.0 Å². The fraction of sp³-hybridized carbons (Fsp3) is 0.462. The lowest BCUT2D eigenvalue weighted by Gasteiger charge is -2.23. The van der Waals surface area contributed by atoms with Gasteiger partial charge >= 0.3 is 0 Å². The molecule has 1 saturated heterocycles. The highest BCUT2D eigenvalue weighted by molar-refractivity contribution is 6.42. The van der Waals surface area contributed by atoms with Crippen LogP contribution in [0.25, 0.3) is 0 Å².